The second-order valence-corrected chi connectivity index (χ2v) is 7.66. The Hall–Kier alpha value is -1.43. The summed E-state index contributed by atoms with van der Waals surface area (Å²) in [5, 5.41) is 23.0. The third-order valence-electron chi connectivity index (χ3n) is 5.57. The number of carbonyl (C=O) groups is 1. The van der Waals surface area contributed by atoms with Crippen LogP contribution in [-0.2, 0) is 17.9 Å². The number of likely N-dealkylation sites (tertiary alicyclic amines) is 1. The molecule has 2 fully saturated rings. The van der Waals surface area contributed by atoms with Crippen molar-refractivity contribution in [3.63, 3.8) is 0 Å². The van der Waals surface area contributed by atoms with E-state index in [1.165, 1.54) is 5.56 Å². The molecule has 1 amide bonds. The summed E-state index contributed by atoms with van der Waals surface area (Å²) in [5.74, 6) is -0.0692. The lowest BCUT2D eigenvalue weighted by atomic mass is 9.97. The van der Waals surface area contributed by atoms with E-state index in [0.29, 0.717) is 6.54 Å². The molecule has 0 bridgehead atoms. The fourth-order valence-electron chi connectivity index (χ4n) is 3.97. The van der Waals surface area contributed by atoms with Crippen molar-refractivity contribution in [2.24, 2.45) is 0 Å². The molecule has 1 heterocycles. The first-order chi connectivity index (χ1) is 12.0. The summed E-state index contributed by atoms with van der Waals surface area (Å²) in [6.07, 6.45) is 5.20. The Bertz CT molecular complexity index is 576. The van der Waals surface area contributed by atoms with Crippen molar-refractivity contribution in [2.45, 2.75) is 69.7 Å². The van der Waals surface area contributed by atoms with Crippen LogP contribution in [0.2, 0.25) is 0 Å². The quantitative estimate of drug-likeness (QED) is 0.736. The van der Waals surface area contributed by atoms with Crippen LogP contribution in [0.15, 0.2) is 24.3 Å². The third-order valence-corrected chi connectivity index (χ3v) is 5.57. The van der Waals surface area contributed by atoms with Crippen LogP contribution in [0.5, 0.6) is 0 Å². The zero-order valence-electron chi connectivity index (χ0n) is 14.9. The highest BCUT2D eigenvalue weighted by Crippen LogP contribution is 2.32. The van der Waals surface area contributed by atoms with Crippen molar-refractivity contribution >= 4 is 5.91 Å². The average Bonchev–Trinajstić information content (AvgIpc) is 3.02. The van der Waals surface area contributed by atoms with Gasteiger partial charge in [-0.3, -0.25) is 9.69 Å². The molecular formula is C20H30N2O3. The number of piperidine rings is 1. The molecule has 0 radical (unpaired) electrons. The van der Waals surface area contributed by atoms with Crippen molar-refractivity contribution in [2.75, 3.05) is 13.1 Å². The van der Waals surface area contributed by atoms with E-state index >= 15 is 0 Å². The summed E-state index contributed by atoms with van der Waals surface area (Å²) in [6, 6.07) is 8.19. The van der Waals surface area contributed by atoms with Gasteiger partial charge in [0.25, 0.3) is 0 Å². The van der Waals surface area contributed by atoms with Crippen LogP contribution in [-0.4, -0.2) is 45.8 Å². The van der Waals surface area contributed by atoms with Gasteiger partial charge in [0.15, 0.2) is 0 Å². The molecular weight excluding hydrogens is 316 g/mol. The standard InChI is InChI=1S/C20H30N2O3/c23-18-7-11-22(12-8-18)15-17-6-2-1-5-16(17)14-21-19(24)13-20(25)9-3-4-10-20/h1-2,5-6,18,23,25H,3-4,7-15H2,(H,21,24). The highest BCUT2D eigenvalue weighted by Gasteiger charge is 2.33. The van der Waals surface area contributed by atoms with Gasteiger partial charge in [-0.15, -0.1) is 0 Å². The van der Waals surface area contributed by atoms with E-state index in [1.807, 2.05) is 12.1 Å². The van der Waals surface area contributed by atoms with Gasteiger partial charge >= 0.3 is 0 Å². The monoisotopic (exact) mass is 346 g/mol. The number of nitrogens with one attached hydrogen (secondary N) is 1. The number of rotatable bonds is 6. The van der Waals surface area contributed by atoms with Gasteiger partial charge in [0, 0.05) is 26.2 Å². The molecule has 5 nitrogen and oxygen atoms in total. The molecule has 2 aliphatic rings. The Morgan fingerprint density at radius 2 is 1.80 bits per heavy atom. The molecule has 3 rings (SSSR count). The molecule has 0 atom stereocenters. The molecule has 0 aromatic heterocycles. The lowest BCUT2D eigenvalue weighted by Crippen LogP contribution is -2.36. The van der Waals surface area contributed by atoms with Crippen LogP contribution in [0.3, 0.4) is 0 Å². The van der Waals surface area contributed by atoms with E-state index in [0.717, 1.165) is 63.7 Å². The minimum absolute atomic E-state index is 0.0692. The minimum atomic E-state index is -0.793. The van der Waals surface area contributed by atoms with E-state index in [1.54, 1.807) is 0 Å². The molecule has 1 saturated carbocycles. The molecule has 25 heavy (non-hydrogen) atoms. The Morgan fingerprint density at radius 1 is 1.16 bits per heavy atom. The predicted molar refractivity (Wildman–Crippen MR) is 96.8 cm³/mol. The third kappa shape index (κ3) is 5.27. The normalized spacial score (nSPS) is 21.4. The predicted octanol–water partition coefficient (Wildman–Crippen LogP) is 1.95. The largest absolute Gasteiger partial charge is 0.393 e. The van der Waals surface area contributed by atoms with Gasteiger partial charge < -0.3 is 15.5 Å². The Morgan fingerprint density at radius 3 is 2.48 bits per heavy atom. The van der Waals surface area contributed by atoms with Gasteiger partial charge in [-0.1, -0.05) is 37.1 Å². The summed E-state index contributed by atoms with van der Waals surface area (Å²) in [4.78, 5) is 14.6. The molecule has 138 valence electrons. The number of aliphatic hydroxyl groups excluding tert-OH is 1. The van der Waals surface area contributed by atoms with E-state index in [2.05, 4.69) is 22.3 Å². The zero-order chi connectivity index (χ0) is 17.7. The van der Waals surface area contributed by atoms with Crippen LogP contribution in [0.4, 0.5) is 0 Å². The molecule has 0 unspecified atom stereocenters. The molecule has 1 aliphatic carbocycles. The summed E-state index contributed by atoms with van der Waals surface area (Å²) in [7, 11) is 0. The zero-order valence-corrected chi connectivity index (χ0v) is 14.9. The van der Waals surface area contributed by atoms with E-state index in [9.17, 15) is 15.0 Å². The fourth-order valence-corrected chi connectivity index (χ4v) is 3.97. The summed E-state index contributed by atoms with van der Waals surface area (Å²) in [6.45, 7) is 3.17. The molecule has 5 heteroatoms. The second kappa shape index (κ2) is 8.30. The number of aliphatic hydroxyl groups is 2. The molecule has 0 spiro atoms. The first kappa shape index (κ1) is 18.4. The van der Waals surface area contributed by atoms with Crippen molar-refractivity contribution in [3.05, 3.63) is 35.4 Å². The Labute approximate surface area is 150 Å². The van der Waals surface area contributed by atoms with Crippen LogP contribution < -0.4 is 5.32 Å². The van der Waals surface area contributed by atoms with Gasteiger partial charge in [0.1, 0.15) is 0 Å². The van der Waals surface area contributed by atoms with Crippen LogP contribution in [0.1, 0.15) is 56.1 Å². The van der Waals surface area contributed by atoms with Crippen LogP contribution in [0, 0.1) is 0 Å². The molecule has 1 aromatic carbocycles. The van der Waals surface area contributed by atoms with Crippen molar-refractivity contribution in [1.82, 2.24) is 10.2 Å². The number of benzene rings is 1. The van der Waals surface area contributed by atoms with Gasteiger partial charge in [0.2, 0.25) is 5.91 Å². The number of hydrogen-bond acceptors (Lipinski definition) is 4. The molecule has 1 saturated heterocycles. The fraction of sp³-hybridized carbons (Fsp3) is 0.650. The van der Waals surface area contributed by atoms with Gasteiger partial charge in [-0.2, -0.15) is 0 Å². The first-order valence-electron chi connectivity index (χ1n) is 9.50. The van der Waals surface area contributed by atoms with E-state index in [4.69, 9.17) is 0 Å². The average molecular weight is 346 g/mol. The maximum Gasteiger partial charge on any atom is 0.223 e. The lowest BCUT2D eigenvalue weighted by Gasteiger charge is -2.30. The highest BCUT2D eigenvalue weighted by atomic mass is 16.3. The van der Waals surface area contributed by atoms with E-state index < -0.39 is 5.60 Å². The topological polar surface area (TPSA) is 72.8 Å². The summed E-state index contributed by atoms with van der Waals surface area (Å²) in [5.41, 5.74) is 1.55. The number of nitrogens with zero attached hydrogens (tertiary/aromatic N) is 1. The molecule has 3 N–H and O–H groups in total. The lowest BCUT2D eigenvalue weighted by molar-refractivity contribution is -0.126. The van der Waals surface area contributed by atoms with Gasteiger partial charge in [0.05, 0.1) is 18.1 Å². The number of carbonyl (C=O) groups excluding carboxylic acids is 1. The maximum atomic E-state index is 12.2. The first-order valence-corrected chi connectivity index (χ1v) is 9.50. The molecule has 1 aliphatic heterocycles. The van der Waals surface area contributed by atoms with Crippen molar-refractivity contribution in [3.8, 4) is 0 Å². The SMILES string of the molecule is O=C(CC1(O)CCCC1)NCc1ccccc1CN1CCC(O)CC1. The van der Waals surface area contributed by atoms with E-state index in [-0.39, 0.29) is 18.4 Å². The Balaban J connectivity index is 1.53. The smallest absolute Gasteiger partial charge is 0.223 e. The van der Waals surface area contributed by atoms with Crippen LogP contribution in [0.25, 0.3) is 0 Å². The molecule has 1 aromatic rings. The van der Waals surface area contributed by atoms with Crippen LogP contribution >= 0.6 is 0 Å². The minimum Gasteiger partial charge on any atom is -0.393 e. The highest BCUT2D eigenvalue weighted by molar-refractivity contribution is 5.77. The maximum absolute atomic E-state index is 12.2. The van der Waals surface area contributed by atoms with Gasteiger partial charge in [-0.25, -0.2) is 0 Å². The second-order valence-electron chi connectivity index (χ2n) is 7.66. The van der Waals surface area contributed by atoms with Crippen molar-refractivity contribution < 1.29 is 15.0 Å². The van der Waals surface area contributed by atoms with Crippen molar-refractivity contribution in [1.29, 1.82) is 0 Å². The number of hydrogen-bond donors (Lipinski definition) is 3. The summed E-state index contributed by atoms with van der Waals surface area (Å²) < 4.78 is 0. The summed E-state index contributed by atoms with van der Waals surface area (Å²) >= 11 is 0. The Kier molecular flexibility index (Phi) is 6.10. The number of amides is 1. The van der Waals surface area contributed by atoms with Gasteiger partial charge in [-0.05, 0) is 36.8 Å².